The first kappa shape index (κ1) is 23.4. The van der Waals surface area contributed by atoms with E-state index < -0.39 is 28.5 Å². The number of benzene rings is 1. The van der Waals surface area contributed by atoms with E-state index in [0.717, 1.165) is 6.42 Å². The molecule has 0 atom stereocenters. The van der Waals surface area contributed by atoms with E-state index in [9.17, 15) is 18.0 Å². The van der Waals surface area contributed by atoms with Crippen LogP contribution in [-0.2, 0) is 19.6 Å². The Bertz CT molecular complexity index is 761. The van der Waals surface area contributed by atoms with Crippen molar-refractivity contribution in [3.05, 3.63) is 28.8 Å². The van der Waals surface area contributed by atoms with Gasteiger partial charge in [-0.05, 0) is 30.5 Å². The molecule has 27 heavy (non-hydrogen) atoms. The molecule has 152 valence electrons. The van der Waals surface area contributed by atoms with Gasteiger partial charge in [-0.3, -0.25) is 4.79 Å². The van der Waals surface area contributed by atoms with Crippen LogP contribution in [0.15, 0.2) is 23.1 Å². The van der Waals surface area contributed by atoms with E-state index in [1.165, 1.54) is 22.5 Å². The van der Waals surface area contributed by atoms with Crippen molar-refractivity contribution in [3.8, 4) is 0 Å². The third-order valence-electron chi connectivity index (χ3n) is 3.87. The molecule has 1 N–H and O–H groups in total. The molecule has 1 rings (SSSR count). The maximum atomic E-state index is 12.7. The molecule has 0 spiro atoms. The van der Waals surface area contributed by atoms with Gasteiger partial charge in [0.2, 0.25) is 10.0 Å². The lowest BCUT2D eigenvalue weighted by Crippen LogP contribution is -2.31. The molecule has 0 saturated carbocycles. The van der Waals surface area contributed by atoms with Crippen molar-refractivity contribution in [1.82, 2.24) is 9.62 Å². The number of amides is 1. The lowest BCUT2D eigenvalue weighted by Gasteiger charge is -2.19. The number of nitrogens with zero attached hydrogens (tertiary/aromatic N) is 1. The number of hydrogen-bond donors (Lipinski definition) is 1. The van der Waals surface area contributed by atoms with E-state index in [4.69, 9.17) is 16.3 Å². The molecule has 0 saturated heterocycles. The molecule has 9 heteroatoms. The van der Waals surface area contributed by atoms with Crippen LogP contribution >= 0.6 is 11.6 Å². The minimum Gasteiger partial charge on any atom is -0.452 e. The molecule has 0 heterocycles. The second-order valence-corrected chi connectivity index (χ2v) is 8.66. The summed E-state index contributed by atoms with van der Waals surface area (Å²) < 4.78 is 31.5. The smallest absolute Gasteiger partial charge is 0.338 e. The number of carbonyl (C=O) groups is 2. The van der Waals surface area contributed by atoms with Gasteiger partial charge in [0.05, 0.1) is 10.6 Å². The van der Waals surface area contributed by atoms with Gasteiger partial charge in [-0.15, -0.1) is 0 Å². The number of carbonyl (C=O) groups excluding carboxylic acids is 2. The number of esters is 1. The fourth-order valence-corrected chi connectivity index (χ4v) is 4.25. The molecule has 0 fully saturated rings. The van der Waals surface area contributed by atoms with Crippen molar-refractivity contribution in [2.45, 2.75) is 39.0 Å². The Kier molecular flexibility index (Phi) is 9.21. The Hall–Kier alpha value is -1.64. The lowest BCUT2D eigenvalue weighted by molar-refractivity contribution is -0.124. The minimum absolute atomic E-state index is 0.0140. The van der Waals surface area contributed by atoms with Gasteiger partial charge in [-0.2, -0.15) is 4.31 Å². The number of nitrogens with one attached hydrogen (secondary N) is 1. The molecule has 1 aromatic carbocycles. The van der Waals surface area contributed by atoms with E-state index in [2.05, 4.69) is 5.32 Å². The van der Waals surface area contributed by atoms with Crippen molar-refractivity contribution < 1.29 is 22.7 Å². The van der Waals surface area contributed by atoms with Crippen molar-refractivity contribution >= 4 is 33.5 Å². The molecule has 1 aromatic rings. The van der Waals surface area contributed by atoms with Crippen LogP contribution in [0.2, 0.25) is 5.02 Å². The highest BCUT2D eigenvalue weighted by Gasteiger charge is 2.26. The van der Waals surface area contributed by atoms with E-state index in [0.29, 0.717) is 12.5 Å². The summed E-state index contributed by atoms with van der Waals surface area (Å²) in [6, 6.07) is 3.87. The zero-order valence-corrected chi connectivity index (χ0v) is 17.7. The summed E-state index contributed by atoms with van der Waals surface area (Å²) in [6.45, 7) is 8.13. The Morgan fingerprint density at radius 3 is 2.41 bits per heavy atom. The first-order valence-electron chi connectivity index (χ1n) is 8.86. The van der Waals surface area contributed by atoms with Crippen molar-refractivity contribution in [2.75, 3.05) is 26.2 Å². The van der Waals surface area contributed by atoms with Gasteiger partial charge < -0.3 is 10.1 Å². The lowest BCUT2D eigenvalue weighted by atomic mass is 10.1. The summed E-state index contributed by atoms with van der Waals surface area (Å²) in [5, 5.41) is 2.67. The van der Waals surface area contributed by atoms with E-state index in [-0.39, 0.29) is 28.6 Å². The quantitative estimate of drug-likeness (QED) is 0.589. The van der Waals surface area contributed by atoms with Gasteiger partial charge in [0.15, 0.2) is 6.61 Å². The fraction of sp³-hybridized carbons (Fsp3) is 0.556. The van der Waals surface area contributed by atoms with Gasteiger partial charge in [0.1, 0.15) is 4.90 Å². The van der Waals surface area contributed by atoms with Crippen molar-refractivity contribution in [2.24, 2.45) is 5.92 Å². The molecule has 0 radical (unpaired) electrons. The molecule has 0 aliphatic carbocycles. The monoisotopic (exact) mass is 418 g/mol. The molecule has 7 nitrogen and oxygen atoms in total. The standard InChI is InChI=1S/C18H27ClN2O5S/c1-5-21(6-2)27(24,25)16-11-14(7-8-15(16)19)18(23)26-12-17(22)20-10-9-13(3)4/h7-8,11,13H,5-6,9-10,12H2,1-4H3,(H,20,22). The van der Waals surface area contributed by atoms with E-state index >= 15 is 0 Å². The summed E-state index contributed by atoms with van der Waals surface area (Å²) in [5.74, 6) is -0.747. The highest BCUT2D eigenvalue weighted by molar-refractivity contribution is 7.89. The molecule has 0 bridgehead atoms. The zero-order valence-electron chi connectivity index (χ0n) is 16.1. The maximum absolute atomic E-state index is 12.7. The maximum Gasteiger partial charge on any atom is 0.338 e. The van der Waals surface area contributed by atoms with E-state index in [1.807, 2.05) is 13.8 Å². The fourth-order valence-electron chi connectivity index (χ4n) is 2.30. The summed E-state index contributed by atoms with van der Waals surface area (Å²) in [7, 11) is -3.83. The van der Waals surface area contributed by atoms with Crippen LogP contribution in [0.3, 0.4) is 0 Å². The van der Waals surface area contributed by atoms with Gasteiger partial charge in [-0.1, -0.05) is 39.3 Å². The van der Waals surface area contributed by atoms with Crippen LogP contribution in [-0.4, -0.2) is 50.8 Å². The molecule has 0 aromatic heterocycles. The van der Waals surface area contributed by atoms with Crippen LogP contribution in [0.25, 0.3) is 0 Å². The molecule has 0 aliphatic rings. The number of hydrogen-bond acceptors (Lipinski definition) is 5. The first-order valence-corrected chi connectivity index (χ1v) is 10.7. The van der Waals surface area contributed by atoms with Crippen LogP contribution in [0, 0.1) is 5.92 Å². The summed E-state index contributed by atoms with van der Waals surface area (Å²) >= 11 is 6.03. The predicted octanol–water partition coefficient (Wildman–Crippen LogP) is 2.69. The predicted molar refractivity (Wildman–Crippen MR) is 104 cm³/mol. The average Bonchev–Trinajstić information content (AvgIpc) is 2.60. The number of sulfonamides is 1. The number of ether oxygens (including phenoxy) is 1. The highest BCUT2D eigenvalue weighted by atomic mass is 35.5. The molecule has 0 aliphatic heterocycles. The molecular weight excluding hydrogens is 392 g/mol. The highest BCUT2D eigenvalue weighted by Crippen LogP contribution is 2.26. The Morgan fingerprint density at radius 1 is 1.22 bits per heavy atom. The van der Waals surface area contributed by atoms with Crippen molar-refractivity contribution in [1.29, 1.82) is 0 Å². The number of halogens is 1. The van der Waals surface area contributed by atoms with Gasteiger partial charge in [-0.25, -0.2) is 13.2 Å². The molecule has 1 amide bonds. The SMILES string of the molecule is CCN(CC)S(=O)(=O)c1cc(C(=O)OCC(=O)NCCC(C)C)ccc1Cl. The van der Waals surface area contributed by atoms with Gasteiger partial charge in [0, 0.05) is 19.6 Å². The van der Waals surface area contributed by atoms with Crippen LogP contribution in [0.5, 0.6) is 0 Å². The number of rotatable bonds is 10. The second kappa shape index (κ2) is 10.6. The van der Waals surface area contributed by atoms with E-state index in [1.54, 1.807) is 13.8 Å². The Labute approximate surface area is 166 Å². The first-order chi connectivity index (χ1) is 12.6. The van der Waals surface area contributed by atoms with Gasteiger partial charge in [0.25, 0.3) is 5.91 Å². The minimum atomic E-state index is -3.83. The second-order valence-electron chi connectivity index (χ2n) is 6.34. The largest absolute Gasteiger partial charge is 0.452 e. The van der Waals surface area contributed by atoms with Gasteiger partial charge >= 0.3 is 5.97 Å². The topological polar surface area (TPSA) is 92.8 Å². The zero-order chi connectivity index (χ0) is 20.6. The molecular formula is C18H27ClN2O5S. The normalized spacial score (nSPS) is 11.7. The average molecular weight is 419 g/mol. The van der Waals surface area contributed by atoms with Crippen LogP contribution in [0.4, 0.5) is 0 Å². The summed E-state index contributed by atoms with van der Waals surface area (Å²) in [5.41, 5.74) is 0.0140. The Morgan fingerprint density at radius 2 is 1.85 bits per heavy atom. The molecule has 0 unspecified atom stereocenters. The summed E-state index contributed by atoms with van der Waals surface area (Å²) in [6.07, 6.45) is 0.823. The Balaban J connectivity index is 2.84. The van der Waals surface area contributed by atoms with Crippen molar-refractivity contribution in [3.63, 3.8) is 0 Å². The summed E-state index contributed by atoms with van der Waals surface area (Å²) in [4.78, 5) is 23.7. The van der Waals surface area contributed by atoms with Crippen LogP contribution < -0.4 is 5.32 Å². The van der Waals surface area contributed by atoms with Crippen LogP contribution in [0.1, 0.15) is 44.5 Å². The third-order valence-corrected chi connectivity index (χ3v) is 6.40. The third kappa shape index (κ3) is 6.79.